The van der Waals surface area contributed by atoms with Crippen LogP contribution >= 0.6 is 11.3 Å². The Balaban J connectivity index is 1.64. The van der Waals surface area contributed by atoms with Crippen molar-refractivity contribution in [1.29, 1.82) is 0 Å². The highest BCUT2D eigenvalue weighted by Crippen LogP contribution is 2.38. The average molecular weight is 421 g/mol. The van der Waals surface area contributed by atoms with Gasteiger partial charge in [0.1, 0.15) is 5.69 Å². The summed E-state index contributed by atoms with van der Waals surface area (Å²) in [6.45, 7) is 3.37. The minimum Gasteiger partial charge on any atom is -0.356 e. The molecule has 4 rings (SSSR count). The Morgan fingerprint density at radius 1 is 1.20 bits per heavy atom. The number of nitrogens with one attached hydrogen (secondary N) is 1. The summed E-state index contributed by atoms with van der Waals surface area (Å²) >= 11 is 1.69. The van der Waals surface area contributed by atoms with Gasteiger partial charge in [0.25, 0.3) is 5.91 Å². The largest absolute Gasteiger partial charge is 0.356 e. The topological polar surface area (TPSA) is 75.2 Å². The van der Waals surface area contributed by atoms with Crippen molar-refractivity contribution in [3.05, 3.63) is 71.6 Å². The smallest absolute Gasteiger partial charge is 0.274 e. The summed E-state index contributed by atoms with van der Waals surface area (Å²) in [7, 11) is 0. The first-order valence-corrected chi connectivity index (χ1v) is 11.0. The van der Waals surface area contributed by atoms with Gasteiger partial charge in [-0.3, -0.25) is 14.6 Å². The number of carbonyl (C=O) groups excluding carboxylic acids is 2. The number of rotatable bonds is 6. The van der Waals surface area contributed by atoms with Crippen LogP contribution in [0.1, 0.15) is 29.4 Å². The number of hydrogen-bond acceptors (Lipinski definition) is 5. The van der Waals surface area contributed by atoms with E-state index in [-0.39, 0.29) is 11.8 Å². The lowest BCUT2D eigenvalue weighted by molar-refractivity contribution is -0.130. The standard InChI is InChI=1S/C23H24N4O2S/c1-2-25-22(29)23(9-12-27(16-23)21(28)19-15-24-10-11-26-19)14-17-6-3-4-7-18(17)20-8-5-13-30-20/h3-8,10-11,13,15H,2,9,12,14,16H2,1H3,(H,25,29)/t23-/m0/s1. The zero-order valence-corrected chi connectivity index (χ0v) is 17.7. The average Bonchev–Trinajstić information content (AvgIpc) is 3.46. The summed E-state index contributed by atoms with van der Waals surface area (Å²) in [5, 5.41) is 5.06. The van der Waals surface area contributed by atoms with Crippen molar-refractivity contribution < 1.29 is 9.59 Å². The van der Waals surface area contributed by atoms with Crippen molar-refractivity contribution in [2.24, 2.45) is 5.41 Å². The van der Waals surface area contributed by atoms with E-state index in [1.165, 1.54) is 17.3 Å². The van der Waals surface area contributed by atoms with E-state index in [1.807, 2.05) is 25.1 Å². The van der Waals surface area contributed by atoms with Crippen molar-refractivity contribution >= 4 is 23.2 Å². The van der Waals surface area contributed by atoms with E-state index in [0.717, 1.165) is 11.1 Å². The maximum Gasteiger partial charge on any atom is 0.274 e. The lowest BCUT2D eigenvalue weighted by atomic mass is 9.78. The van der Waals surface area contributed by atoms with Crippen LogP contribution in [-0.4, -0.2) is 46.3 Å². The second-order valence-corrected chi connectivity index (χ2v) is 8.47. The zero-order valence-electron chi connectivity index (χ0n) is 16.9. The van der Waals surface area contributed by atoms with Gasteiger partial charge in [-0.15, -0.1) is 11.3 Å². The van der Waals surface area contributed by atoms with Gasteiger partial charge in [-0.2, -0.15) is 0 Å². The van der Waals surface area contributed by atoms with Crippen LogP contribution in [0.15, 0.2) is 60.4 Å². The molecule has 3 heterocycles. The third-order valence-electron chi connectivity index (χ3n) is 5.58. The molecule has 1 aliphatic heterocycles. The summed E-state index contributed by atoms with van der Waals surface area (Å²) in [5.74, 6) is -0.179. The first-order valence-electron chi connectivity index (χ1n) is 10.1. The van der Waals surface area contributed by atoms with Gasteiger partial charge in [-0.05, 0) is 42.3 Å². The molecule has 1 aliphatic rings. The molecule has 1 N–H and O–H groups in total. The molecule has 1 fully saturated rings. The van der Waals surface area contributed by atoms with Crippen LogP contribution in [0, 0.1) is 5.41 Å². The molecule has 6 nitrogen and oxygen atoms in total. The van der Waals surface area contributed by atoms with Crippen LogP contribution in [0.25, 0.3) is 10.4 Å². The van der Waals surface area contributed by atoms with Crippen LogP contribution in [0.5, 0.6) is 0 Å². The molecule has 7 heteroatoms. The van der Waals surface area contributed by atoms with Crippen molar-refractivity contribution in [1.82, 2.24) is 20.2 Å². The molecule has 0 unspecified atom stereocenters. The number of nitrogens with zero attached hydrogens (tertiary/aromatic N) is 3. The molecule has 0 spiro atoms. The zero-order chi connectivity index (χ0) is 21.0. The maximum absolute atomic E-state index is 13.2. The van der Waals surface area contributed by atoms with Gasteiger partial charge in [-0.25, -0.2) is 4.98 Å². The van der Waals surface area contributed by atoms with Crippen LogP contribution in [-0.2, 0) is 11.2 Å². The van der Waals surface area contributed by atoms with E-state index in [1.54, 1.807) is 22.4 Å². The van der Waals surface area contributed by atoms with Crippen LogP contribution in [0.2, 0.25) is 0 Å². The van der Waals surface area contributed by atoms with Crippen LogP contribution in [0.4, 0.5) is 0 Å². The predicted molar refractivity (Wildman–Crippen MR) is 117 cm³/mol. The molecule has 0 bridgehead atoms. The summed E-state index contributed by atoms with van der Waals surface area (Å²) in [6.07, 6.45) is 5.72. The van der Waals surface area contributed by atoms with E-state index in [0.29, 0.717) is 38.2 Å². The lowest BCUT2D eigenvalue weighted by Gasteiger charge is -2.29. The monoisotopic (exact) mass is 420 g/mol. The molecule has 0 saturated carbocycles. The number of carbonyl (C=O) groups is 2. The highest BCUT2D eigenvalue weighted by atomic mass is 32.1. The predicted octanol–water partition coefficient (Wildman–Crippen LogP) is 3.42. The van der Waals surface area contributed by atoms with Gasteiger partial charge < -0.3 is 10.2 Å². The summed E-state index contributed by atoms with van der Waals surface area (Å²) in [5.41, 5.74) is 1.92. The molecule has 1 saturated heterocycles. The fourth-order valence-corrected chi connectivity index (χ4v) is 4.87. The Morgan fingerprint density at radius 2 is 2.07 bits per heavy atom. The van der Waals surface area contributed by atoms with Crippen molar-refractivity contribution in [3.8, 4) is 10.4 Å². The first kappa shape index (κ1) is 20.2. The molecule has 0 radical (unpaired) electrons. The summed E-state index contributed by atoms with van der Waals surface area (Å²) < 4.78 is 0. The second kappa shape index (κ2) is 8.75. The summed E-state index contributed by atoms with van der Waals surface area (Å²) in [6, 6.07) is 12.4. The highest BCUT2D eigenvalue weighted by Gasteiger charge is 2.46. The van der Waals surface area contributed by atoms with Crippen molar-refractivity contribution in [2.45, 2.75) is 19.8 Å². The van der Waals surface area contributed by atoms with Gasteiger partial charge in [0.15, 0.2) is 0 Å². The molecule has 2 amide bonds. The Hall–Kier alpha value is -3.06. The SMILES string of the molecule is CCNC(=O)[C@]1(Cc2ccccc2-c2cccs2)CCN(C(=O)c2cnccn2)C1. The molecule has 154 valence electrons. The Kier molecular flexibility index (Phi) is 5.90. The fourth-order valence-electron chi connectivity index (χ4n) is 4.09. The lowest BCUT2D eigenvalue weighted by Crippen LogP contribution is -2.45. The normalized spacial score (nSPS) is 18.4. The third kappa shape index (κ3) is 3.98. The van der Waals surface area contributed by atoms with Gasteiger partial charge >= 0.3 is 0 Å². The number of thiophene rings is 1. The van der Waals surface area contributed by atoms with Gasteiger partial charge in [-0.1, -0.05) is 30.3 Å². The van der Waals surface area contributed by atoms with E-state index in [2.05, 4.69) is 38.9 Å². The molecule has 0 aliphatic carbocycles. The van der Waals surface area contributed by atoms with Crippen molar-refractivity contribution in [3.63, 3.8) is 0 Å². The molecule has 2 aromatic heterocycles. The molecular formula is C23H24N4O2S. The Bertz CT molecular complexity index is 1020. The Labute approximate surface area is 180 Å². The number of aromatic nitrogens is 2. The van der Waals surface area contributed by atoms with Crippen LogP contribution in [0.3, 0.4) is 0 Å². The number of likely N-dealkylation sites (tertiary alicyclic amines) is 1. The van der Waals surface area contributed by atoms with E-state index in [9.17, 15) is 9.59 Å². The van der Waals surface area contributed by atoms with E-state index in [4.69, 9.17) is 0 Å². The molecule has 1 aromatic carbocycles. The molecule has 1 atom stereocenters. The number of benzene rings is 1. The maximum atomic E-state index is 13.2. The van der Waals surface area contributed by atoms with Gasteiger partial charge in [0.2, 0.25) is 5.91 Å². The second-order valence-electron chi connectivity index (χ2n) is 7.52. The Morgan fingerprint density at radius 3 is 2.80 bits per heavy atom. The first-order chi connectivity index (χ1) is 14.6. The number of hydrogen-bond donors (Lipinski definition) is 1. The highest BCUT2D eigenvalue weighted by molar-refractivity contribution is 7.13. The minimum atomic E-state index is -0.665. The van der Waals surface area contributed by atoms with E-state index < -0.39 is 5.41 Å². The third-order valence-corrected chi connectivity index (χ3v) is 6.48. The molecular weight excluding hydrogens is 396 g/mol. The van der Waals surface area contributed by atoms with Crippen molar-refractivity contribution in [2.75, 3.05) is 19.6 Å². The minimum absolute atomic E-state index is 0.000397. The summed E-state index contributed by atoms with van der Waals surface area (Å²) in [4.78, 5) is 37.2. The van der Waals surface area contributed by atoms with Crippen LogP contribution < -0.4 is 5.32 Å². The van der Waals surface area contributed by atoms with E-state index >= 15 is 0 Å². The van der Waals surface area contributed by atoms with Gasteiger partial charge in [0.05, 0.1) is 11.6 Å². The van der Waals surface area contributed by atoms with Gasteiger partial charge in [0, 0.05) is 36.9 Å². The number of amides is 2. The molecule has 30 heavy (non-hydrogen) atoms. The fraction of sp³-hybridized carbons (Fsp3) is 0.304. The quantitative estimate of drug-likeness (QED) is 0.663. The molecule has 3 aromatic rings.